The lowest BCUT2D eigenvalue weighted by molar-refractivity contribution is 0.267. The number of fused-ring (bicyclic) bond motifs is 1. The van der Waals surface area contributed by atoms with Gasteiger partial charge in [0.25, 0.3) is 0 Å². The summed E-state index contributed by atoms with van der Waals surface area (Å²) in [7, 11) is 5.85. The van der Waals surface area contributed by atoms with Crippen LogP contribution in [0, 0.1) is 6.92 Å². The summed E-state index contributed by atoms with van der Waals surface area (Å²) in [6.07, 6.45) is 3.82. The van der Waals surface area contributed by atoms with Crippen LogP contribution in [-0.4, -0.2) is 50.8 Å². The molecule has 0 bridgehead atoms. The van der Waals surface area contributed by atoms with Gasteiger partial charge >= 0.3 is 0 Å². The van der Waals surface area contributed by atoms with Crippen molar-refractivity contribution in [1.29, 1.82) is 0 Å². The van der Waals surface area contributed by atoms with E-state index in [0.717, 1.165) is 43.1 Å². The maximum absolute atomic E-state index is 6.06. The fraction of sp³-hybridized carbons (Fsp3) is 0.476. The maximum atomic E-state index is 6.06. The molecule has 0 amide bonds. The van der Waals surface area contributed by atoms with Crippen molar-refractivity contribution in [1.82, 2.24) is 15.2 Å². The van der Waals surface area contributed by atoms with Crippen LogP contribution < -0.4 is 14.8 Å². The largest absolute Gasteiger partial charge is 0.493 e. The summed E-state index contributed by atoms with van der Waals surface area (Å²) < 4.78 is 11.6. The minimum Gasteiger partial charge on any atom is -0.493 e. The molecule has 1 aliphatic rings. The molecule has 0 fully saturated rings. The molecule has 1 atom stereocenters. The van der Waals surface area contributed by atoms with Crippen molar-refractivity contribution < 1.29 is 9.47 Å². The van der Waals surface area contributed by atoms with Gasteiger partial charge in [0.05, 0.1) is 25.5 Å². The van der Waals surface area contributed by atoms with E-state index >= 15 is 0 Å². The Kier molecular flexibility index (Phi) is 6.12. The molecule has 140 valence electrons. The smallest absolute Gasteiger partial charge is 0.161 e. The van der Waals surface area contributed by atoms with Gasteiger partial charge in [0, 0.05) is 19.3 Å². The van der Waals surface area contributed by atoms with Gasteiger partial charge in [-0.3, -0.25) is 4.98 Å². The van der Waals surface area contributed by atoms with E-state index in [1.165, 1.54) is 16.7 Å². The average molecular weight is 355 g/mol. The first kappa shape index (κ1) is 18.7. The Balaban J connectivity index is 1.88. The number of methoxy groups -OCH3 is 1. The molecule has 1 unspecified atom stereocenters. The third-order valence-corrected chi connectivity index (χ3v) is 4.81. The normalized spacial score (nSPS) is 16.4. The standard InChI is InChI=1S/C21H29N3O2/c1-15-7-5-9-22-20(15)21-17-14-19(26-12-6-11-24(2)3)18(25-4)13-16(17)8-10-23-21/h5,7,9,13-14,21,23H,6,8,10-12H2,1-4H3. The number of hydrogen-bond donors (Lipinski definition) is 1. The summed E-state index contributed by atoms with van der Waals surface area (Å²) in [5, 5.41) is 3.61. The van der Waals surface area contributed by atoms with Gasteiger partial charge in [-0.25, -0.2) is 0 Å². The first-order valence-electron chi connectivity index (χ1n) is 9.23. The van der Waals surface area contributed by atoms with Crippen molar-refractivity contribution in [3.05, 3.63) is 52.8 Å². The number of benzene rings is 1. The van der Waals surface area contributed by atoms with Gasteiger partial charge in [-0.1, -0.05) is 6.07 Å². The van der Waals surface area contributed by atoms with E-state index in [0.29, 0.717) is 6.61 Å². The quantitative estimate of drug-likeness (QED) is 0.774. The predicted molar refractivity (Wildman–Crippen MR) is 104 cm³/mol. The van der Waals surface area contributed by atoms with Gasteiger partial charge in [-0.05, 0) is 68.8 Å². The Morgan fingerprint density at radius 2 is 2.12 bits per heavy atom. The van der Waals surface area contributed by atoms with Crippen molar-refractivity contribution in [2.75, 3.05) is 40.9 Å². The lowest BCUT2D eigenvalue weighted by Crippen LogP contribution is -2.31. The fourth-order valence-electron chi connectivity index (χ4n) is 3.44. The number of hydrogen-bond acceptors (Lipinski definition) is 5. The fourth-order valence-corrected chi connectivity index (χ4v) is 3.44. The Morgan fingerprint density at radius 3 is 2.85 bits per heavy atom. The van der Waals surface area contributed by atoms with Crippen LogP contribution in [-0.2, 0) is 6.42 Å². The SMILES string of the molecule is COc1cc2c(cc1OCCCN(C)C)C(c1ncccc1C)NCC2. The summed E-state index contributed by atoms with van der Waals surface area (Å²) in [6.45, 7) is 4.72. The molecule has 26 heavy (non-hydrogen) atoms. The van der Waals surface area contributed by atoms with Crippen LogP contribution in [0.4, 0.5) is 0 Å². The molecule has 3 rings (SSSR count). The van der Waals surface area contributed by atoms with Crippen LogP contribution in [0.3, 0.4) is 0 Å². The number of aryl methyl sites for hydroxylation is 1. The highest BCUT2D eigenvalue weighted by atomic mass is 16.5. The topological polar surface area (TPSA) is 46.6 Å². The molecule has 2 aromatic rings. The Labute approximate surface area is 156 Å². The molecule has 2 heterocycles. The van der Waals surface area contributed by atoms with E-state index in [2.05, 4.69) is 54.4 Å². The minimum atomic E-state index is 0.0926. The molecule has 0 spiro atoms. The van der Waals surface area contributed by atoms with Crippen molar-refractivity contribution >= 4 is 0 Å². The van der Waals surface area contributed by atoms with E-state index < -0.39 is 0 Å². The van der Waals surface area contributed by atoms with Crippen LogP contribution in [0.1, 0.15) is 34.8 Å². The van der Waals surface area contributed by atoms with Crippen LogP contribution in [0.2, 0.25) is 0 Å². The Morgan fingerprint density at radius 1 is 1.27 bits per heavy atom. The second-order valence-corrected chi connectivity index (χ2v) is 7.05. The van der Waals surface area contributed by atoms with Gasteiger partial charge < -0.3 is 19.7 Å². The molecule has 1 aromatic heterocycles. The van der Waals surface area contributed by atoms with Crippen molar-refractivity contribution in [3.8, 4) is 11.5 Å². The third kappa shape index (κ3) is 4.17. The first-order chi connectivity index (χ1) is 12.6. The molecule has 5 nitrogen and oxygen atoms in total. The van der Waals surface area contributed by atoms with Crippen LogP contribution in [0.25, 0.3) is 0 Å². The summed E-state index contributed by atoms with van der Waals surface area (Å²) in [4.78, 5) is 6.79. The highest BCUT2D eigenvalue weighted by Gasteiger charge is 2.25. The molecule has 0 aliphatic carbocycles. The number of pyridine rings is 1. The van der Waals surface area contributed by atoms with E-state index in [-0.39, 0.29) is 6.04 Å². The summed E-state index contributed by atoms with van der Waals surface area (Å²) in [6, 6.07) is 8.45. The van der Waals surface area contributed by atoms with Crippen molar-refractivity contribution in [2.45, 2.75) is 25.8 Å². The number of aromatic nitrogens is 1. The van der Waals surface area contributed by atoms with Gasteiger partial charge in [0.15, 0.2) is 11.5 Å². The van der Waals surface area contributed by atoms with Gasteiger partial charge in [0.2, 0.25) is 0 Å². The molecule has 1 aliphatic heterocycles. The Bertz CT molecular complexity index is 746. The molecule has 5 heteroatoms. The number of nitrogens with one attached hydrogen (secondary N) is 1. The lowest BCUT2D eigenvalue weighted by atomic mass is 9.90. The van der Waals surface area contributed by atoms with Crippen molar-refractivity contribution in [2.24, 2.45) is 0 Å². The highest BCUT2D eigenvalue weighted by Crippen LogP contribution is 2.37. The highest BCUT2D eigenvalue weighted by molar-refractivity contribution is 5.51. The van der Waals surface area contributed by atoms with Crippen LogP contribution >= 0.6 is 0 Å². The molecule has 1 aromatic carbocycles. The van der Waals surface area contributed by atoms with Gasteiger partial charge in [-0.15, -0.1) is 0 Å². The summed E-state index contributed by atoms with van der Waals surface area (Å²) in [5.41, 5.74) is 4.82. The zero-order chi connectivity index (χ0) is 18.5. The monoisotopic (exact) mass is 355 g/mol. The average Bonchev–Trinajstić information content (AvgIpc) is 2.64. The number of nitrogens with zero attached hydrogens (tertiary/aromatic N) is 2. The van der Waals surface area contributed by atoms with E-state index in [1.54, 1.807) is 7.11 Å². The number of rotatable bonds is 7. The molecule has 0 saturated carbocycles. The maximum Gasteiger partial charge on any atom is 0.161 e. The van der Waals surface area contributed by atoms with E-state index in [1.807, 2.05) is 12.3 Å². The number of ether oxygens (including phenoxy) is 2. The predicted octanol–water partition coefficient (Wildman–Crippen LogP) is 2.96. The van der Waals surface area contributed by atoms with Gasteiger partial charge in [-0.2, -0.15) is 0 Å². The van der Waals surface area contributed by atoms with E-state index in [4.69, 9.17) is 9.47 Å². The summed E-state index contributed by atoms with van der Waals surface area (Å²) in [5.74, 6) is 1.62. The molecular formula is C21H29N3O2. The second kappa shape index (κ2) is 8.52. The molecular weight excluding hydrogens is 326 g/mol. The molecule has 0 saturated heterocycles. The van der Waals surface area contributed by atoms with E-state index in [9.17, 15) is 0 Å². The Hall–Kier alpha value is -2.11. The zero-order valence-corrected chi connectivity index (χ0v) is 16.2. The second-order valence-electron chi connectivity index (χ2n) is 7.05. The van der Waals surface area contributed by atoms with Crippen molar-refractivity contribution in [3.63, 3.8) is 0 Å². The minimum absolute atomic E-state index is 0.0926. The van der Waals surface area contributed by atoms with Gasteiger partial charge in [0.1, 0.15) is 0 Å². The zero-order valence-electron chi connectivity index (χ0n) is 16.2. The molecule has 1 N–H and O–H groups in total. The third-order valence-electron chi connectivity index (χ3n) is 4.81. The lowest BCUT2D eigenvalue weighted by Gasteiger charge is -2.29. The first-order valence-corrected chi connectivity index (χ1v) is 9.23. The summed E-state index contributed by atoms with van der Waals surface area (Å²) >= 11 is 0. The van der Waals surface area contributed by atoms with Crippen LogP contribution in [0.15, 0.2) is 30.5 Å². The molecule has 0 radical (unpaired) electrons. The van der Waals surface area contributed by atoms with Crippen LogP contribution in [0.5, 0.6) is 11.5 Å².